The molecular weight excluding hydrogens is 371 g/mol. The smallest absolute Gasteiger partial charge is 0.340 e. The van der Waals surface area contributed by atoms with Gasteiger partial charge in [-0.1, -0.05) is 18.2 Å². The Morgan fingerprint density at radius 3 is 2.48 bits per heavy atom. The van der Waals surface area contributed by atoms with E-state index in [0.717, 1.165) is 0 Å². The minimum atomic E-state index is -0.551. The molecule has 0 atom stereocenters. The molecule has 0 spiro atoms. The van der Waals surface area contributed by atoms with Crippen LogP contribution in [0.4, 0.5) is 4.39 Å². The van der Waals surface area contributed by atoms with Crippen molar-refractivity contribution in [2.24, 2.45) is 0 Å². The van der Waals surface area contributed by atoms with Gasteiger partial charge in [-0.2, -0.15) is 0 Å². The van der Waals surface area contributed by atoms with Crippen LogP contribution < -0.4 is 5.56 Å². The van der Waals surface area contributed by atoms with E-state index in [9.17, 15) is 14.0 Å². The van der Waals surface area contributed by atoms with Crippen molar-refractivity contribution in [3.8, 4) is 5.69 Å². The first-order valence-electron chi connectivity index (χ1n) is 9.31. The highest BCUT2D eigenvalue weighted by Crippen LogP contribution is 2.31. The largest absolute Gasteiger partial charge is 0.462 e. The molecule has 2 aromatic carbocycles. The lowest BCUT2D eigenvalue weighted by Crippen LogP contribution is -2.22. The third-order valence-electron chi connectivity index (χ3n) is 4.94. The summed E-state index contributed by atoms with van der Waals surface area (Å²) in [5.74, 6) is -1.02. The first kappa shape index (κ1) is 18.8. The number of hydrogen-bond acceptors (Lipinski definition) is 4. The summed E-state index contributed by atoms with van der Waals surface area (Å²) >= 11 is 0. The molecule has 146 valence electrons. The number of ether oxygens (including phenoxy) is 1. The number of esters is 1. The van der Waals surface area contributed by atoms with E-state index in [1.165, 1.54) is 16.7 Å². The average Bonchev–Trinajstić information content (AvgIpc) is 2.68. The Balaban J connectivity index is 2.30. The molecule has 4 rings (SSSR count). The van der Waals surface area contributed by atoms with Crippen molar-refractivity contribution in [2.75, 3.05) is 6.61 Å². The molecule has 2 aromatic heterocycles. The molecule has 0 aliphatic rings. The van der Waals surface area contributed by atoms with E-state index < -0.39 is 11.8 Å². The SMILES string of the molecule is CCOC(=O)c1c(C)nc(C)c2c(=O)n(-c3ccccc3)c3cc(F)ccc3c12. The Morgan fingerprint density at radius 1 is 1.07 bits per heavy atom. The van der Waals surface area contributed by atoms with Crippen molar-refractivity contribution in [2.45, 2.75) is 20.8 Å². The van der Waals surface area contributed by atoms with Crippen molar-refractivity contribution < 1.29 is 13.9 Å². The van der Waals surface area contributed by atoms with Crippen LogP contribution in [0, 0.1) is 19.7 Å². The monoisotopic (exact) mass is 390 g/mol. The molecular formula is C23H19FN2O3. The molecule has 2 heterocycles. The number of pyridine rings is 2. The van der Waals surface area contributed by atoms with Crippen LogP contribution in [0.15, 0.2) is 53.3 Å². The van der Waals surface area contributed by atoms with E-state index in [1.54, 1.807) is 51.1 Å². The highest BCUT2D eigenvalue weighted by Gasteiger charge is 2.24. The van der Waals surface area contributed by atoms with Gasteiger partial charge < -0.3 is 4.74 Å². The zero-order chi connectivity index (χ0) is 20.7. The van der Waals surface area contributed by atoms with Crippen LogP contribution in [0.25, 0.3) is 27.4 Å². The summed E-state index contributed by atoms with van der Waals surface area (Å²) in [6.45, 7) is 5.35. The second-order valence-corrected chi connectivity index (χ2v) is 6.77. The summed E-state index contributed by atoms with van der Waals surface area (Å²) in [6.07, 6.45) is 0. The molecule has 6 heteroatoms. The van der Waals surface area contributed by atoms with Crippen molar-refractivity contribution in [3.05, 3.63) is 81.7 Å². The molecule has 5 nitrogen and oxygen atoms in total. The Labute approximate surface area is 166 Å². The number of para-hydroxylation sites is 1. The number of benzene rings is 2. The Morgan fingerprint density at radius 2 is 1.79 bits per heavy atom. The molecule has 0 saturated carbocycles. The van der Waals surface area contributed by atoms with Crippen LogP contribution in [0.5, 0.6) is 0 Å². The number of hydrogen-bond donors (Lipinski definition) is 0. The lowest BCUT2D eigenvalue weighted by atomic mass is 9.98. The molecule has 29 heavy (non-hydrogen) atoms. The van der Waals surface area contributed by atoms with Gasteiger partial charge in [0.15, 0.2) is 0 Å². The lowest BCUT2D eigenvalue weighted by Gasteiger charge is -2.17. The minimum Gasteiger partial charge on any atom is -0.462 e. The fourth-order valence-electron chi connectivity index (χ4n) is 3.79. The number of halogens is 1. The lowest BCUT2D eigenvalue weighted by molar-refractivity contribution is 0.0527. The molecule has 0 amide bonds. The number of carbonyl (C=O) groups is 1. The quantitative estimate of drug-likeness (QED) is 0.382. The Kier molecular flexibility index (Phi) is 4.62. The maximum atomic E-state index is 14.2. The zero-order valence-corrected chi connectivity index (χ0v) is 16.3. The number of carbonyl (C=O) groups excluding carboxylic acids is 1. The zero-order valence-electron chi connectivity index (χ0n) is 16.3. The molecule has 0 aliphatic carbocycles. The van der Waals surface area contributed by atoms with Crippen molar-refractivity contribution in [3.63, 3.8) is 0 Å². The third-order valence-corrected chi connectivity index (χ3v) is 4.94. The number of aryl methyl sites for hydroxylation is 2. The fraction of sp³-hybridized carbons (Fsp3) is 0.174. The van der Waals surface area contributed by atoms with Crippen molar-refractivity contribution in [1.82, 2.24) is 9.55 Å². The summed E-state index contributed by atoms with van der Waals surface area (Å²) in [6, 6.07) is 13.2. The van der Waals surface area contributed by atoms with E-state index in [0.29, 0.717) is 38.8 Å². The van der Waals surface area contributed by atoms with Gasteiger partial charge in [0.25, 0.3) is 5.56 Å². The third kappa shape index (κ3) is 2.97. The van der Waals surface area contributed by atoms with Gasteiger partial charge >= 0.3 is 5.97 Å². The molecule has 4 aromatic rings. The average molecular weight is 390 g/mol. The Hall–Kier alpha value is -3.54. The molecule has 0 radical (unpaired) electrons. The summed E-state index contributed by atoms with van der Waals surface area (Å²) in [5, 5.41) is 1.35. The predicted molar refractivity (Wildman–Crippen MR) is 110 cm³/mol. The molecule has 0 N–H and O–H groups in total. The highest BCUT2D eigenvalue weighted by molar-refractivity contribution is 6.16. The van der Waals surface area contributed by atoms with Gasteiger partial charge in [-0.05, 0) is 51.1 Å². The van der Waals surface area contributed by atoms with Crippen LogP contribution >= 0.6 is 0 Å². The molecule has 0 bridgehead atoms. The van der Waals surface area contributed by atoms with E-state index >= 15 is 0 Å². The first-order chi connectivity index (χ1) is 13.9. The van der Waals surface area contributed by atoms with Gasteiger partial charge in [0, 0.05) is 16.5 Å². The van der Waals surface area contributed by atoms with Gasteiger partial charge in [0.2, 0.25) is 0 Å². The second-order valence-electron chi connectivity index (χ2n) is 6.77. The highest BCUT2D eigenvalue weighted by atomic mass is 19.1. The van der Waals surface area contributed by atoms with Crippen LogP contribution in [-0.2, 0) is 4.74 Å². The molecule has 0 saturated heterocycles. The van der Waals surface area contributed by atoms with E-state index in [2.05, 4.69) is 4.98 Å². The number of nitrogens with zero attached hydrogens (tertiary/aromatic N) is 2. The van der Waals surface area contributed by atoms with Gasteiger partial charge in [0.05, 0.1) is 34.5 Å². The maximum Gasteiger partial charge on any atom is 0.340 e. The topological polar surface area (TPSA) is 61.2 Å². The van der Waals surface area contributed by atoms with Gasteiger partial charge in [-0.15, -0.1) is 0 Å². The van der Waals surface area contributed by atoms with Crippen molar-refractivity contribution >= 4 is 27.6 Å². The predicted octanol–water partition coefficient (Wildman–Crippen LogP) is 4.47. The number of rotatable bonds is 3. The molecule has 0 fully saturated rings. The van der Waals surface area contributed by atoms with E-state index in [-0.39, 0.29) is 17.7 Å². The summed E-state index contributed by atoms with van der Waals surface area (Å²) in [4.78, 5) is 30.7. The van der Waals surface area contributed by atoms with Crippen LogP contribution in [0.3, 0.4) is 0 Å². The van der Waals surface area contributed by atoms with Crippen LogP contribution in [0.2, 0.25) is 0 Å². The molecule has 0 unspecified atom stereocenters. The minimum absolute atomic E-state index is 0.196. The summed E-state index contributed by atoms with van der Waals surface area (Å²) in [7, 11) is 0. The maximum absolute atomic E-state index is 14.2. The van der Waals surface area contributed by atoms with Crippen LogP contribution in [-0.4, -0.2) is 22.1 Å². The van der Waals surface area contributed by atoms with Gasteiger partial charge in [-0.3, -0.25) is 14.3 Å². The summed E-state index contributed by atoms with van der Waals surface area (Å²) < 4.78 is 20.9. The second kappa shape index (κ2) is 7.13. The van der Waals surface area contributed by atoms with E-state index in [4.69, 9.17) is 4.74 Å². The summed E-state index contributed by atoms with van der Waals surface area (Å²) in [5.41, 5.74) is 1.83. The number of fused-ring (bicyclic) bond motifs is 3. The Bertz CT molecular complexity index is 1330. The van der Waals surface area contributed by atoms with E-state index in [1.807, 2.05) is 6.07 Å². The first-order valence-corrected chi connectivity index (χ1v) is 9.31. The fourth-order valence-corrected chi connectivity index (χ4v) is 3.79. The normalized spacial score (nSPS) is 11.2. The van der Waals surface area contributed by atoms with Gasteiger partial charge in [-0.25, -0.2) is 9.18 Å². The van der Waals surface area contributed by atoms with Gasteiger partial charge in [0.1, 0.15) is 5.82 Å². The standard InChI is InChI=1S/C23H19FN2O3/c1-4-29-23(28)20-14(3)25-13(2)19-21(20)17-11-10-15(24)12-18(17)26(22(19)27)16-8-6-5-7-9-16/h5-12H,4H2,1-3H3. The molecule has 0 aliphatic heterocycles. The number of aromatic nitrogens is 2. The van der Waals surface area contributed by atoms with Crippen molar-refractivity contribution in [1.29, 1.82) is 0 Å². The van der Waals surface area contributed by atoms with Crippen LogP contribution in [0.1, 0.15) is 28.7 Å².